The van der Waals surface area contributed by atoms with Crippen molar-refractivity contribution in [3.63, 3.8) is 0 Å². The van der Waals surface area contributed by atoms with Crippen molar-refractivity contribution in [2.75, 3.05) is 0 Å². The molecule has 0 aliphatic carbocycles. The van der Waals surface area contributed by atoms with E-state index in [2.05, 4.69) is 0 Å². The van der Waals surface area contributed by atoms with Crippen LogP contribution in [-0.2, 0) is 10.7 Å². The van der Waals surface area contributed by atoms with E-state index in [0.29, 0.717) is 0 Å². The molecule has 0 aromatic rings. The van der Waals surface area contributed by atoms with Crippen LogP contribution < -0.4 is 88.7 Å². The summed E-state index contributed by atoms with van der Waals surface area (Å²) in [6.45, 7) is 0. The maximum absolute atomic E-state index is 8.58. The zero-order chi connectivity index (χ0) is 10.7. The summed E-state index contributed by atoms with van der Waals surface area (Å²) in [5, 5.41) is 51.5. The van der Waals surface area contributed by atoms with Gasteiger partial charge in [0.25, 0.3) is 0 Å². The molecule has 0 aliphatic heterocycles. The molecule has 0 atom stereocenters. The molecule has 0 radical (unpaired) electrons. The Balaban J connectivity index is -0.000000240. The molecular weight excluding hydrogens is 281 g/mol. The second kappa shape index (κ2) is 7.02. The van der Waals surface area contributed by atoms with E-state index in [9.17, 15) is 0 Å². The third kappa shape index (κ3) is 2.82. The molecule has 0 fully saturated rings. The van der Waals surface area contributed by atoms with Gasteiger partial charge in [-0.25, -0.2) is 0 Å². The number of hydrogen-bond donors (Lipinski definition) is 0. The summed E-state index contributed by atoms with van der Waals surface area (Å²) in [6.07, 6.45) is 0. The van der Waals surface area contributed by atoms with Crippen LogP contribution in [0.15, 0.2) is 0 Å². The topological polar surface area (TPSA) is 143 Å². The summed E-state index contributed by atoms with van der Waals surface area (Å²) >= 11 is 0. The molecule has 0 saturated carbocycles. The summed E-state index contributed by atoms with van der Waals surface area (Å²) in [6, 6.07) is 0. The van der Waals surface area contributed by atoms with Gasteiger partial charge in [-0.1, -0.05) is 0 Å². The summed E-state index contributed by atoms with van der Waals surface area (Å²) in [4.78, 5) is 6.19. The molecule has 0 rings (SSSR count). The molecule has 0 spiro atoms. The fourth-order valence-corrected chi connectivity index (χ4v) is 1.09. The zero-order valence-electron chi connectivity index (χ0n) is 9.04. The van der Waals surface area contributed by atoms with Crippen molar-refractivity contribution < 1.29 is 99.4 Å². The van der Waals surface area contributed by atoms with E-state index in [0.717, 1.165) is 29.8 Å². The molecule has 0 aromatic carbocycles. The number of nitrogens with zero attached hydrogens (tertiary/aromatic N) is 6. The molecule has 0 amide bonds. The van der Waals surface area contributed by atoms with E-state index >= 15 is 0 Å². The molecule has 0 unspecified atom stereocenters. The summed E-state index contributed by atoms with van der Waals surface area (Å²) < 4.78 is 0. The minimum absolute atomic E-state index is 0. The van der Waals surface area contributed by atoms with Crippen molar-refractivity contribution in [3.05, 3.63) is 0 Å². The molecule has 10 heteroatoms. The van der Waals surface area contributed by atoms with Crippen LogP contribution in [-0.4, -0.2) is 0 Å². The largest absolute Gasteiger partial charge is 1.00 e. The second-order valence-corrected chi connectivity index (χ2v) is 7.42. The van der Waals surface area contributed by atoms with Crippen LogP contribution in [0.5, 0.6) is 0 Å². The van der Waals surface area contributed by atoms with Crippen molar-refractivity contribution in [3.8, 4) is 29.8 Å². The standard InChI is InChI=1S/6CN.Fe.3Na/c6*1-2;;;;/q;;;;;;-3;3*+1. The van der Waals surface area contributed by atoms with E-state index in [1.165, 1.54) is 0 Å². The van der Waals surface area contributed by atoms with Crippen LogP contribution in [0, 0.1) is 61.4 Å². The smallest absolute Gasteiger partial charge is 1.00 e. The van der Waals surface area contributed by atoms with Gasteiger partial charge in [0.1, 0.15) is 0 Å². The third-order valence-electron chi connectivity index (χ3n) is 1.19. The van der Waals surface area contributed by atoms with Gasteiger partial charge in [-0.3, -0.25) is 0 Å². The molecule has 0 saturated heterocycles. The van der Waals surface area contributed by atoms with E-state index < -0.39 is 10.7 Å². The minimum Gasteiger partial charge on any atom is 1.00 e. The van der Waals surface area contributed by atoms with Gasteiger partial charge in [0.05, 0.1) is 0 Å². The normalized spacial score (nSPS) is 10.9. The van der Waals surface area contributed by atoms with Crippen molar-refractivity contribution in [2.24, 2.45) is 0 Å². The maximum Gasteiger partial charge on any atom is 1.00 e. The summed E-state index contributed by atoms with van der Waals surface area (Å²) in [7, 11) is -6.17. The first-order valence-electron chi connectivity index (χ1n) is 2.40. The Kier molecular flexibility index (Phi) is 11.1. The molecule has 0 aromatic heterocycles. The Bertz CT molecular complexity index is 398. The Hall–Kier alpha value is 0.459. The van der Waals surface area contributed by atoms with Gasteiger partial charge >= 0.3 is 161 Å². The fourth-order valence-electron chi connectivity index (χ4n) is 0.265. The molecule has 0 bridgehead atoms. The van der Waals surface area contributed by atoms with Crippen LogP contribution >= 0.6 is 0 Å². The first kappa shape index (κ1) is 25.3. The average molecular weight is 281 g/mol. The Morgan fingerprint density at radius 3 is 0.562 bits per heavy atom. The predicted octanol–water partition coefficient (Wildman–Crippen LogP) is -8.89. The predicted molar refractivity (Wildman–Crippen MR) is 33.7 cm³/mol. The van der Waals surface area contributed by atoms with Crippen LogP contribution in [0.1, 0.15) is 0 Å². The quantitative estimate of drug-likeness (QED) is 0.403. The van der Waals surface area contributed by atoms with E-state index in [1.807, 2.05) is 0 Å². The number of rotatable bonds is 0. The van der Waals surface area contributed by atoms with Crippen LogP contribution in [0.25, 0.3) is 0 Å². The molecule has 6 nitrogen and oxygen atoms in total. The van der Waals surface area contributed by atoms with E-state index in [-0.39, 0.29) is 88.7 Å². The molecular formula is C6FeN6Na3. The molecule has 0 N–H and O–H groups in total. The Labute approximate surface area is 158 Å². The van der Waals surface area contributed by atoms with Gasteiger partial charge in [-0.15, -0.1) is 0 Å². The van der Waals surface area contributed by atoms with E-state index in [4.69, 9.17) is 31.6 Å². The minimum atomic E-state index is -6.17. The van der Waals surface area contributed by atoms with Crippen molar-refractivity contribution >= 4 is 0 Å². The number of nitriles is 6. The SMILES string of the molecule is N#[C][Fe-3]([C]#N)([C]#N)([C]#N)([C]#N)[C]#N.[Na+].[Na+].[Na+]. The monoisotopic (exact) mass is 281 g/mol. The second-order valence-electron chi connectivity index (χ2n) is 1.80. The van der Waals surface area contributed by atoms with Crippen LogP contribution in [0.2, 0.25) is 0 Å². The maximum atomic E-state index is 8.58. The van der Waals surface area contributed by atoms with Gasteiger partial charge in [-0.05, 0) is 0 Å². The van der Waals surface area contributed by atoms with Gasteiger partial charge in [-0.2, -0.15) is 0 Å². The first-order valence-corrected chi connectivity index (χ1v) is 5.71. The average Bonchev–Trinajstić information content (AvgIpc) is 2.26. The molecule has 16 heavy (non-hydrogen) atoms. The molecule has 65 valence electrons. The summed E-state index contributed by atoms with van der Waals surface area (Å²) in [5.74, 6) is 0. The van der Waals surface area contributed by atoms with Crippen molar-refractivity contribution in [2.45, 2.75) is 0 Å². The Morgan fingerprint density at radius 1 is 0.438 bits per heavy atom. The van der Waals surface area contributed by atoms with Gasteiger partial charge in [0.2, 0.25) is 0 Å². The summed E-state index contributed by atoms with van der Waals surface area (Å²) in [5.41, 5.74) is 0. The van der Waals surface area contributed by atoms with Gasteiger partial charge in [0, 0.05) is 0 Å². The van der Waals surface area contributed by atoms with Crippen molar-refractivity contribution in [1.29, 1.82) is 31.6 Å². The molecule has 0 aliphatic rings. The fraction of sp³-hybridized carbons (Fsp3) is 0. The first-order chi connectivity index (χ1) is 5.97. The van der Waals surface area contributed by atoms with Crippen LogP contribution in [0.4, 0.5) is 0 Å². The number of hydrogen-bond acceptors (Lipinski definition) is 6. The zero-order valence-corrected chi connectivity index (χ0v) is 16.1. The van der Waals surface area contributed by atoms with E-state index in [1.54, 1.807) is 0 Å². The van der Waals surface area contributed by atoms with Gasteiger partial charge in [0.15, 0.2) is 0 Å². The molecule has 0 heterocycles. The van der Waals surface area contributed by atoms with Crippen LogP contribution in [0.3, 0.4) is 0 Å². The van der Waals surface area contributed by atoms with Crippen molar-refractivity contribution in [1.82, 2.24) is 0 Å². The van der Waals surface area contributed by atoms with Gasteiger partial charge < -0.3 is 0 Å². The Morgan fingerprint density at radius 2 is 0.562 bits per heavy atom. The third-order valence-corrected chi connectivity index (χ3v) is 4.89.